The third-order valence-corrected chi connectivity index (χ3v) is 6.68. The number of aromatic nitrogens is 1. The molecule has 1 aliphatic rings. The highest BCUT2D eigenvalue weighted by molar-refractivity contribution is 7.80. The number of H-pyrrole nitrogens is 1. The number of pyridine rings is 1. The number of aromatic amines is 1. The molecule has 0 amide bonds. The zero-order valence-corrected chi connectivity index (χ0v) is 21.6. The van der Waals surface area contributed by atoms with Crippen LogP contribution >= 0.6 is 12.2 Å². The van der Waals surface area contributed by atoms with Crippen LogP contribution in [0.2, 0.25) is 0 Å². The molecule has 0 bridgehead atoms. The minimum absolute atomic E-state index is 0.00315. The summed E-state index contributed by atoms with van der Waals surface area (Å²) in [7, 11) is 0. The first-order valence-corrected chi connectivity index (χ1v) is 12.7. The van der Waals surface area contributed by atoms with Gasteiger partial charge in [-0.25, -0.2) is 0 Å². The molecule has 1 atom stereocenters. The van der Waals surface area contributed by atoms with E-state index in [4.69, 9.17) is 26.4 Å². The molecule has 0 radical (unpaired) electrons. The van der Waals surface area contributed by atoms with Gasteiger partial charge >= 0.3 is 0 Å². The molecule has 2 N–H and O–H groups in total. The Labute approximate surface area is 221 Å². The second kappa shape index (κ2) is 10.9. The Balaban J connectivity index is 1.44. The predicted molar refractivity (Wildman–Crippen MR) is 148 cm³/mol. The molecule has 0 fully saturated rings. The molecule has 7 nitrogen and oxygen atoms in total. The number of rotatable bonds is 8. The van der Waals surface area contributed by atoms with Crippen LogP contribution in [-0.2, 0) is 13.1 Å². The van der Waals surface area contributed by atoms with E-state index in [1.807, 2.05) is 72.5 Å². The Morgan fingerprint density at radius 3 is 2.68 bits per heavy atom. The third-order valence-electron chi connectivity index (χ3n) is 6.30. The standard InChI is InChI=1S/C29H29N3O4S/c1-3-34-24-10-11-25-22(15-24)14-23(28(33)31-25)17-32(16-20-9-12-26-27(13-20)36-18-35-26)29(37)30-19(2)21-7-5-4-6-8-21/h4-15,19H,3,16-18H2,1-2H3,(H,30,37)(H,31,33). The highest BCUT2D eigenvalue weighted by Crippen LogP contribution is 2.33. The van der Waals surface area contributed by atoms with Gasteiger partial charge in [0.25, 0.3) is 5.56 Å². The Bertz CT molecular complexity index is 1470. The van der Waals surface area contributed by atoms with Crippen molar-refractivity contribution in [2.75, 3.05) is 13.4 Å². The zero-order valence-electron chi connectivity index (χ0n) is 20.8. The Morgan fingerprint density at radius 2 is 1.86 bits per heavy atom. The van der Waals surface area contributed by atoms with Crippen molar-refractivity contribution in [2.45, 2.75) is 33.0 Å². The fraction of sp³-hybridized carbons (Fsp3) is 0.241. The molecule has 3 aromatic carbocycles. The van der Waals surface area contributed by atoms with Gasteiger partial charge in [-0.05, 0) is 73.6 Å². The first-order valence-electron chi connectivity index (χ1n) is 12.3. The first-order chi connectivity index (χ1) is 18.0. The molecule has 0 aliphatic carbocycles. The van der Waals surface area contributed by atoms with Gasteiger partial charge in [0.1, 0.15) is 5.75 Å². The van der Waals surface area contributed by atoms with Crippen LogP contribution in [0, 0.1) is 0 Å². The van der Waals surface area contributed by atoms with Gasteiger partial charge in [-0.1, -0.05) is 36.4 Å². The lowest BCUT2D eigenvalue weighted by molar-refractivity contribution is 0.174. The van der Waals surface area contributed by atoms with Crippen LogP contribution in [0.1, 0.15) is 36.6 Å². The van der Waals surface area contributed by atoms with E-state index in [1.54, 1.807) is 0 Å². The molecular formula is C29H29N3O4S. The van der Waals surface area contributed by atoms with Gasteiger partial charge in [0.05, 0.1) is 19.2 Å². The van der Waals surface area contributed by atoms with Gasteiger partial charge < -0.3 is 29.4 Å². The smallest absolute Gasteiger partial charge is 0.253 e. The molecule has 4 aromatic rings. The second-order valence-corrected chi connectivity index (χ2v) is 9.32. The minimum atomic E-state index is -0.147. The zero-order chi connectivity index (χ0) is 25.8. The van der Waals surface area contributed by atoms with Crippen LogP contribution in [0.4, 0.5) is 0 Å². The fourth-order valence-corrected chi connectivity index (χ4v) is 4.68. The van der Waals surface area contributed by atoms with Crippen LogP contribution in [0.25, 0.3) is 10.9 Å². The van der Waals surface area contributed by atoms with E-state index >= 15 is 0 Å². The fourth-order valence-electron chi connectivity index (χ4n) is 4.37. The number of fused-ring (bicyclic) bond motifs is 2. The van der Waals surface area contributed by atoms with E-state index in [0.29, 0.717) is 36.1 Å². The molecule has 2 heterocycles. The maximum absolute atomic E-state index is 13.0. The Hall–Kier alpha value is -4.04. The normalized spacial score (nSPS) is 12.8. The molecule has 0 saturated heterocycles. The topological polar surface area (TPSA) is 75.8 Å². The second-order valence-electron chi connectivity index (χ2n) is 8.93. The maximum atomic E-state index is 13.0. The molecule has 8 heteroatoms. The third kappa shape index (κ3) is 5.70. The van der Waals surface area contributed by atoms with E-state index in [2.05, 4.69) is 29.4 Å². The number of ether oxygens (including phenoxy) is 3. The molecule has 0 saturated carbocycles. The minimum Gasteiger partial charge on any atom is -0.494 e. The lowest BCUT2D eigenvalue weighted by Gasteiger charge is -2.28. The van der Waals surface area contributed by atoms with Crippen molar-refractivity contribution in [3.63, 3.8) is 0 Å². The van der Waals surface area contributed by atoms with Crippen molar-refractivity contribution in [1.82, 2.24) is 15.2 Å². The average Bonchev–Trinajstić information content (AvgIpc) is 3.37. The Morgan fingerprint density at radius 1 is 1.05 bits per heavy atom. The molecular weight excluding hydrogens is 486 g/mol. The molecule has 1 aliphatic heterocycles. The van der Waals surface area contributed by atoms with Crippen molar-refractivity contribution in [1.29, 1.82) is 0 Å². The van der Waals surface area contributed by atoms with Crippen LogP contribution in [-0.4, -0.2) is 28.4 Å². The van der Waals surface area contributed by atoms with E-state index in [0.717, 1.165) is 33.5 Å². The first kappa shape index (κ1) is 24.6. The summed E-state index contributed by atoms with van der Waals surface area (Å²) >= 11 is 5.87. The maximum Gasteiger partial charge on any atom is 0.253 e. The highest BCUT2D eigenvalue weighted by atomic mass is 32.1. The van der Waals surface area contributed by atoms with E-state index < -0.39 is 0 Å². The van der Waals surface area contributed by atoms with Crippen LogP contribution < -0.4 is 25.1 Å². The van der Waals surface area contributed by atoms with Gasteiger partial charge in [0.2, 0.25) is 6.79 Å². The largest absolute Gasteiger partial charge is 0.494 e. The summed E-state index contributed by atoms with van der Waals surface area (Å²) in [5.74, 6) is 2.20. The molecule has 190 valence electrons. The number of thiocarbonyl (C=S) groups is 1. The summed E-state index contributed by atoms with van der Waals surface area (Å²) in [6.45, 7) is 5.61. The number of nitrogens with zero attached hydrogens (tertiary/aromatic N) is 1. The number of benzene rings is 3. The number of hydrogen-bond donors (Lipinski definition) is 2. The van der Waals surface area contributed by atoms with Crippen LogP contribution in [0.5, 0.6) is 17.2 Å². The van der Waals surface area contributed by atoms with E-state index in [-0.39, 0.29) is 18.4 Å². The van der Waals surface area contributed by atoms with Gasteiger partial charge in [0.15, 0.2) is 16.6 Å². The van der Waals surface area contributed by atoms with Gasteiger partial charge in [-0.15, -0.1) is 0 Å². The monoisotopic (exact) mass is 515 g/mol. The summed E-state index contributed by atoms with van der Waals surface area (Å²) < 4.78 is 16.7. The number of hydrogen-bond acceptors (Lipinski definition) is 5. The highest BCUT2D eigenvalue weighted by Gasteiger charge is 2.19. The summed E-state index contributed by atoms with van der Waals surface area (Å²) in [5.41, 5.74) is 3.35. The van der Waals surface area contributed by atoms with Gasteiger partial charge in [0, 0.05) is 23.0 Å². The molecule has 5 rings (SSSR count). The van der Waals surface area contributed by atoms with Crippen molar-refractivity contribution >= 4 is 28.2 Å². The molecule has 1 unspecified atom stereocenters. The quantitative estimate of drug-likeness (QED) is 0.309. The lowest BCUT2D eigenvalue weighted by Crippen LogP contribution is -2.41. The van der Waals surface area contributed by atoms with Crippen LogP contribution in [0.15, 0.2) is 77.6 Å². The molecule has 1 aromatic heterocycles. The van der Waals surface area contributed by atoms with Gasteiger partial charge in [-0.3, -0.25) is 4.79 Å². The van der Waals surface area contributed by atoms with E-state index in [1.165, 1.54) is 0 Å². The molecule has 37 heavy (non-hydrogen) atoms. The Kier molecular flexibility index (Phi) is 7.28. The lowest BCUT2D eigenvalue weighted by atomic mass is 10.1. The van der Waals surface area contributed by atoms with Crippen molar-refractivity contribution in [3.05, 3.63) is 99.8 Å². The summed E-state index contributed by atoms with van der Waals surface area (Å²) in [6.07, 6.45) is 0. The summed E-state index contributed by atoms with van der Waals surface area (Å²) in [4.78, 5) is 18.0. The van der Waals surface area contributed by atoms with Crippen molar-refractivity contribution in [2.24, 2.45) is 0 Å². The SMILES string of the molecule is CCOc1ccc2[nH]c(=O)c(CN(Cc3ccc4c(c3)OCO4)C(=S)NC(C)c3ccccc3)cc2c1. The summed E-state index contributed by atoms with van der Waals surface area (Å²) in [5, 5.41) is 4.90. The number of nitrogens with one attached hydrogen (secondary N) is 2. The predicted octanol–water partition coefficient (Wildman–Crippen LogP) is 5.29. The van der Waals surface area contributed by atoms with E-state index in [9.17, 15) is 4.79 Å². The summed E-state index contributed by atoms with van der Waals surface area (Å²) in [6, 6.07) is 23.5. The average molecular weight is 516 g/mol. The van der Waals surface area contributed by atoms with Gasteiger partial charge in [-0.2, -0.15) is 0 Å². The van der Waals surface area contributed by atoms with Crippen molar-refractivity contribution < 1.29 is 14.2 Å². The molecule has 0 spiro atoms. The van der Waals surface area contributed by atoms with Crippen molar-refractivity contribution in [3.8, 4) is 17.2 Å². The van der Waals surface area contributed by atoms with Crippen LogP contribution in [0.3, 0.4) is 0 Å².